The van der Waals surface area contributed by atoms with E-state index >= 15 is 0 Å². The highest BCUT2D eigenvalue weighted by Gasteiger charge is 2.11. The molecular weight excluding hydrogens is 252 g/mol. The number of hydrogen-bond donors (Lipinski definition) is 1. The average molecular weight is 272 g/mol. The van der Waals surface area contributed by atoms with Gasteiger partial charge in [0.25, 0.3) is 5.56 Å². The number of aryl methyl sites for hydroxylation is 1. The van der Waals surface area contributed by atoms with Gasteiger partial charge >= 0.3 is 0 Å². The summed E-state index contributed by atoms with van der Waals surface area (Å²) in [6, 6.07) is 7.77. The van der Waals surface area contributed by atoms with Crippen molar-refractivity contribution in [3.05, 3.63) is 57.3 Å². The molecule has 1 N–H and O–H groups in total. The summed E-state index contributed by atoms with van der Waals surface area (Å²) >= 11 is 0. The third-order valence-corrected chi connectivity index (χ3v) is 3.28. The van der Waals surface area contributed by atoms with Gasteiger partial charge in [0.2, 0.25) is 0 Å². The van der Waals surface area contributed by atoms with Crippen LogP contribution in [0.1, 0.15) is 42.4 Å². The van der Waals surface area contributed by atoms with Gasteiger partial charge in [-0.05, 0) is 30.5 Å². The Balaban J connectivity index is 2.32. The van der Waals surface area contributed by atoms with Crippen LogP contribution in [0.2, 0.25) is 0 Å². The van der Waals surface area contributed by atoms with Gasteiger partial charge in [-0.25, -0.2) is 4.98 Å². The predicted molar refractivity (Wildman–Crippen MR) is 79.5 cm³/mol. The zero-order valence-corrected chi connectivity index (χ0v) is 12.4. The molecule has 0 aliphatic heterocycles. The number of rotatable bonds is 4. The van der Waals surface area contributed by atoms with Gasteiger partial charge in [0.15, 0.2) is 0 Å². The molecule has 0 radical (unpaired) electrons. The summed E-state index contributed by atoms with van der Waals surface area (Å²) in [5.41, 5.74) is 2.59. The lowest BCUT2D eigenvalue weighted by atomic mass is 10.0. The molecule has 4 heteroatoms. The Morgan fingerprint density at radius 1 is 1.35 bits per heavy atom. The fraction of sp³-hybridized carbons (Fsp3) is 0.375. The van der Waals surface area contributed by atoms with E-state index in [0.717, 1.165) is 22.6 Å². The standard InChI is InChI=1S/C16H20N2O2/c1-10(2)15-11(3)17-14(18-16(15)19)9-12-6-5-7-13(8-12)20-4/h5-8,10H,9H2,1-4H3,(H,17,18,19). The van der Waals surface area contributed by atoms with Gasteiger partial charge < -0.3 is 9.72 Å². The van der Waals surface area contributed by atoms with Crippen LogP contribution >= 0.6 is 0 Å². The fourth-order valence-electron chi connectivity index (χ4n) is 2.39. The summed E-state index contributed by atoms with van der Waals surface area (Å²) in [5.74, 6) is 1.67. The lowest BCUT2D eigenvalue weighted by Crippen LogP contribution is -2.20. The zero-order chi connectivity index (χ0) is 14.7. The molecule has 0 atom stereocenters. The molecule has 0 unspecified atom stereocenters. The van der Waals surface area contributed by atoms with Crippen LogP contribution < -0.4 is 10.3 Å². The van der Waals surface area contributed by atoms with Crippen LogP contribution in [0.15, 0.2) is 29.1 Å². The number of aromatic amines is 1. The lowest BCUT2D eigenvalue weighted by molar-refractivity contribution is 0.414. The summed E-state index contributed by atoms with van der Waals surface area (Å²) in [4.78, 5) is 19.5. The SMILES string of the molecule is COc1cccc(Cc2nc(C)c(C(C)C)c(=O)[nH]2)c1. The Kier molecular flexibility index (Phi) is 4.23. The van der Waals surface area contributed by atoms with Gasteiger partial charge in [-0.1, -0.05) is 26.0 Å². The maximum atomic E-state index is 12.1. The molecule has 2 aromatic rings. The molecule has 0 saturated heterocycles. The van der Waals surface area contributed by atoms with Crippen molar-refractivity contribution in [2.75, 3.05) is 7.11 Å². The minimum Gasteiger partial charge on any atom is -0.497 e. The van der Waals surface area contributed by atoms with Crippen molar-refractivity contribution < 1.29 is 4.74 Å². The van der Waals surface area contributed by atoms with Crippen molar-refractivity contribution in [2.45, 2.75) is 33.1 Å². The average Bonchev–Trinajstić information content (AvgIpc) is 2.37. The number of benzene rings is 1. The second-order valence-corrected chi connectivity index (χ2v) is 5.19. The Bertz CT molecular complexity index is 660. The first kappa shape index (κ1) is 14.3. The van der Waals surface area contributed by atoms with Gasteiger partial charge in [0.1, 0.15) is 11.6 Å². The minimum absolute atomic E-state index is 0.0367. The first-order valence-electron chi connectivity index (χ1n) is 6.74. The van der Waals surface area contributed by atoms with Crippen LogP contribution in [0, 0.1) is 6.92 Å². The third kappa shape index (κ3) is 3.07. The second-order valence-electron chi connectivity index (χ2n) is 5.19. The zero-order valence-electron chi connectivity index (χ0n) is 12.4. The molecule has 0 saturated carbocycles. The van der Waals surface area contributed by atoms with E-state index in [-0.39, 0.29) is 11.5 Å². The molecule has 106 valence electrons. The topological polar surface area (TPSA) is 55.0 Å². The van der Waals surface area contributed by atoms with Crippen molar-refractivity contribution in [3.8, 4) is 5.75 Å². The molecular formula is C16H20N2O2. The molecule has 0 amide bonds. The quantitative estimate of drug-likeness (QED) is 0.931. The van der Waals surface area contributed by atoms with Crippen LogP contribution in [0.3, 0.4) is 0 Å². The second kappa shape index (κ2) is 5.90. The van der Waals surface area contributed by atoms with Crippen molar-refractivity contribution >= 4 is 0 Å². The molecule has 0 spiro atoms. The van der Waals surface area contributed by atoms with Crippen LogP contribution in [0.5, 0.6) is 5.75 Å². The van der Waals surface area contributed by atoms with E-state index in [9.17, 15) is 4.79 Å². The van der Waals surface area contributed by atoms with E-state index < -0.39 is 0 Å². The molecule has 0 fully saturated rings. The highest BCUT2D eigenvalue weighted by atomic mass is 16.5. The Morgan fingerprint density at radius 3 is 2.70 bits per heavy atom. The molecule has 0 aliphatic rings. The summed E-state index contributed by atoms with van der Waals surface area (Å²) in [6.07, 6.45) is 0.589. The van der Waals surface area contributed by atoms with E-state index in [1.165, 1.54) is 0 Å². The molecule has 20 heavy (non-hydrogen) atoms. The molecule has 2 rings (SSSR count). The van der Waals surface area contributed by atoms with Gasteiger partial charge in [0, 0.05) is 17.7 Å². The van der Waals surface area contributed by atoms with Gasteiger partial charge in [0.05, 0.1) is 7.11 Å². The largest absolute Gasteiger partial charge is 0.497 e. The highest BCUT2D eigenvalue weighted by molar-refractivity contribution is 5.30. The minimum atomic E-state index is -0.0367. The molecule has 1 aromatic heterocycles. The fourth-order valence-corrected chi connectivity index (χ4v) is 2.39. The first-order valence-corrected chi connectivity index (χ1v) is 6.74. The van der Waals surface area contributed by atoms with Crippen LogP contribution in [-0.4, -0.2) is 17.1 Å². The molecule has 1 heterocycles. The van der Waals surface area contributed by atoms with Crippen LogP contribution in [-0.2, 0) is 6.42 Å². The van der Waals surface area contributed by atoms with Crippen molar-refractivity contribution in [1.82, 2.24) is 9.97 Å². The van der Waals surface area contributed by atoms with Crippen molar-refractivity contribution in [3.63, 3.8) is 0 Å². The number of hydrogen-bond acceptors (Lipinski definition) is 3. The number of ether oxygens (including phenoxy) is 1. The van der Waals surface area contributed by atoms with Gasteiger partial charge in [-0.2, -0.15) is 0 Å². The Hall–Kier alpha value is -2.10. The maximum absolute atomic E-state index is 12.1. The number of nitrogens with one attached hydrogen (secondary N) is 1. The highest BCUT2D eigenvalue weighted by Crippen LogP contribution is 2.16. The summed E-state index contributed by atoms with van der Waals surface area (Å²) < 4.78 is 5.20. The monoisotopic (exact) mass is 272 g/mol. The smallest absolute Gasteiger partial charge is 0.254 e. The van der Waals surface area contributed by atoms with Gasteiger partial charge in [-0.15, -0.1) is 0 Å². The van der Waals surface area contributed by atoms with E-state index in [1.54, 1.807) is 7.11 Å². The molecule has 0 bridgehead atoms. The Morgan fingerprint density at radius 2 is 2.10 bits per heavy atom. The number of nitrogens with zero attached hydrogens (tertiary/aromatic N) is 1. The molecule has 4 nitrogen and oxygen atoms in total. The number of methoxy groups -OCH3 is 1. The summed E-state index contributed by atoms with van der Waals surface area (Å²) in [5, 5.41) is 0. The maximum Gasteiger partial charge on any atom is 0.254 e. The molecule has 0 aliphatic carbocycles. The van der Waals surface area contributed by atoms with E-state index in [0.29, 0.717) is 12.2 Å². The number of H-pyrrole nitrogens is 1. The lowest BCUT2D eigenvalue weighted by Gasteiger charge is -2.10. The van der Waals surface area contributed by atoms with Crippen LogP contribution in [0.4, 0.5) is 0 Å². The summed E-state index contributed by atoms with van der Waals surface area (Å²) in [7, 11) is 1.64. The normalized spacial score (nSPS) is 10.8. The van der Waals surface area contributed by atoms with E-state index in [2.05, 4.69) is 9.97 Å². The molecule has 1 aromatic carbocycles. The first-order chi connectivity index (χ1) is 9.51. The van der Waals surface area contributed by atoms with Crippen molar-refractivity contribution in [2.24, 2.45) is 0 Å². The van der Waals surface area contributed by atoms with E-state index in [4.69, 9.17) is 4.74 Å². The third-order valence-electron chi connectivity index (χ3n) is 3.28. The summed E-state index contributed by atoms with van der Waals surface area (Å²) in [6.45, 7) is 5.89. The predicted octanol–water partition coefficient (Wildman–Crippen LogP) is 2.80. The van der Waals surface area contributed by atoms with Crippen LogP contribution in [0.25, 0.3) is 0 Å². The van der Waals surface area contributed by atoms with Crippen molar-refractivity contribution in [1.29, 1.82) is 0 Å². The van der Waals surface area contributed by atoms with Gasteiger partial charge in [-0.3, -0.25) is 4.79 Å². The number of aromatic nitrogens is 2. The van der Waals surface area contributed by atoms with E-state index in [1.807, 2.05) is 45.0 Å². The Labute approximate surface area is 118 Å².